The average molecular weight is 261 g/mol. The second-order valence-electron chi connectivity index (χ2n) is 4.29. The van der Waals surface area contributed by atoms with E-state index in [4.69, 9.17) is 4.74 Å². The second kappa shape index (κ2) is 5.69. The zero-order valence-corrected chi connectivity index (χ0v) is 11.7. The number of anilines is 1. The van der Waals surface area contributed by atoms with Gasteiger partial charge in [0.2, 0.25) is 11.8 Å². The molecule has 0 saturated heterocycles. The van der Waals surface area contributed by atoms with Crippen molar-refractivity contribution < 1.29 is 4.74 Å². The Labute approximate surface area is 112 Å². The lowest BCUT2D eigenvalue weighted by molar-refractivity contribution is 0.436. The first kappa shape index (κ1) is 13.3. The monoisotopic (exact) mass is 261 g/mol. The molecule has 0 amide bonds. The number of aromatic amines is 1. The van der Waals surface area contributed by atoms with Gasteiger partial charge in [-0.2, -0.15) is 4.98 Å². The molecule has 0 aliphatic carbocycles. The van der Waals surface area contributed by atoms with Crippen LogP contribution in [-0.4, -0.2) is 26.7 Å². The molecule has 2 aromatic rings. The number of hydrogen-bond donors (Lipinski definition) is 2. The SMILES string of the molecule is CCNc1nc(CC)nc(Oc2cc(C)[nH]n2)c1C. The summed E-state index contributed by atoms with van der Waals surface area (Å²) < 4.78 is 5.73. The predicted molar refractivity (Wildman–Crippen MR) is 73.7 cm³/mol. The van der Waals surface area contributed by atoms with E-state index < -0.39 is 0 Å². The Morgan fingerprint density at radius 1 is 1.26 bits per heavy atom. The third-order valence-electron chi connectivity index (χ3n) is 2.69. The summed E-state index contributed by atoms with van der Waals surface area (Å²) in [5.41, 5.74) is 1.84. The molecule has 2 heterocycles. The molecule has 6 heteroatoms. The van der Waals surface area contributed by atoms with Gasteiger partial charge in [0, 0.05) is 24.7 Å². The van der Waals surface area contributed by atoms with Gasteiger partial charge in [-0.05, 0) is 20.8 Å². The van der Waals surface area contributed by atoms with Crippen molar-refractivity contribution in [2.75, 3.05) is 11.9 Å². The minimum Gasteiger partial charge on any atom is -0.419 e. The Morgan fingerprint density at radius 3 is 2.63 bits per heavy atom. The molecular formula is C13H19N5O. The topological polar surface area (TPSA) is 75.7 Å². The smallest absolute Gasteiger partial charge is 0.240 e. The van der Waals surface area contributed by atoms with Crippen molar-refractivity contribution in [2.45, 2.75) is 34.1 Å². The van der Waals surface area contributed by atoms with Crippen molar-refractivity contribution >= 4 is 5.82 Å². The van der Waals surface area contributed by atoms with E-state index in [2.05, 4.69) is 25.5 Å². The fourth-order valence-corrected chi connectivity index (χ4v) is 1.68. The number of nitrogens with zero attached hydrogens (tertiary/aromatic N) is 3. The van der Waals surface area contributed by atoms with Gasteiger partial charge in [0.05, 0.1) is 5.56 Å². The Morgan fingerprint density at radius 2 is 2.05 bits per heavy atom. The van der Waals surface area contributed by atoms with E-state index in [-0.39, 0.29) is 0 Å². The largest absolute Gasteiger partial charge is 0.419 e. The lowest BCUT2D eigenvalue weighted by atomic mass is 10.3. The van der Waals surface area contributed by atoms with E-state index in [9.17, 15) is 0 Å². The molecule has 6 nitrogen and oxygen atoms in total. The predicted octanol–water partition coefficient (Wildman–Crippen LogP) is 2.60. The van der Waals surface area contributed by atoms with Crippen molar-refractivity contribution in [2.24, 2.45) is 0 Å². The quantitative estimate of drug-likeness (QED) is 0.865. The van der Waals surface area contributed by atoms with Crippen LogP contribution in [0.25, 0.3) is 0 Å². The summed E-state index contributed by atoms with van der Waals surface area (Å²) in [4.78, 5) is 8.87. The van der Waals surface area contributed by atoms with Crippen LogP contribution in [0.1, 0.15) is 30.9 Å². The van der Waals surface area contributed by atoms with E-state index in [0.717, 1.165) is 35.9 Å². The van der Waals surface area contributed by atoms with Crippen LogP contribution in [0, 0.1) is 13.8 Å². The Bertz CT molecular complexity index is 564. The molecule has 2 aromatic heterocycles. The third kappa shape index (κ3) is 3.01. The molecule has 2 N–H and O–H groups in total. The van der Waals surface area contributed by atoms with Gasteiger partial charge in [0.1, 0.15) is 11.6 Å². The summed E-state index contributed by atoms with van der Waals surface area (Å²) in [6, 6.07) is 1.83. The summed E-state index contributed by atoms with van der Waals surface area (Å²) in [5, 5.41) is 10.1. The van der Waals surface area contributed by atoms with Crippen molar-refractivity contribution in [3.8, 4) is 11.8 Å². The first-order valence-corrected chi connectivity index (χ1v) is 6.45. The van der Waals surface area contributed by atoms with Gasteiger partial charge >= 0.3 is 0 Å². The fraction of sp³-hybridized carbons (Fsp3) is 0.462. The Balaban J connectivity index is 2.35. The van der Waals surface area contributed by atoms with Crippen LogP contribution >= 0.6 is 0 Å². The average Bonchev–Trinajstić information content (AvgIpc) is 2.80. The van der Waals surface area contributed by atoms with Gasteiger partial charge in [-0.25, -0.2) is 4.98 Å². The maximum absolute atomic E-state index is 5.73. The number of H-pyrrole nitrogens is 1. The highest BCUT2D eigenvalue weighted by atomic mass is 16.5. The van der Waals surface area contributed by atoms with Crippen molar-refractivity contribution in [1.82, 2.24) is 20.2 Å². The first-order valence-electron chi connectivity index (χ1n) is 6.45. The number of nitrogens with one attached hydrogen (secondary N) is 2. The number of aryl methyl sites for hydroxylation is 2. The standard InChI is InChI=1S/C13H19N5O/c1-5-10-15-12(14-6-2)9(4)13(16-10)19-11-7-8(3)17-18-11/h7H,5-6H2,1-4H3,(H,17,18)(H,14,15,16). The summed E-state index contributed by atoms with van der Waals surface area (Å²) in [7, 11) is 0. The molecule has 0 aliphatic rings. The number of ether oxygens (including phenoxy) is 1. The number of hydrogen-bond acceptors (Lipinski definition) is 5. The summed E-state index contributed by atoms with van der Waals surface area (Å²) in [6.45, 7) is 8.72. The zero-order chi connectivity index (χ0) is 13.8. The highest BCUT2D eigenvalue weighted by Gasteiger charge is 2.12. The number of rotatable bonds is 5. The van der Waals surface area contributed by atoms with Crippen molar-refractivity contribution in [1.29, 1.82) is 0 Å². The van der Waals surface area contributed by atoms with E-state index in [1.165, 1.54) is 0 Å². The molecule has 0 aliphatic heterocycles. The maximum atomic E-state index is 5.73. The molecule has 0 aromatic carbocycles. The Kier molecular flexibility index (Phi) is 3.99. The highest BCUT2D eigenvalue weighted by molar-refractivity contribution is 5.49. The molecule has 0 spiro atoms. The molecule has 19 heavy (non-hydrogen) atoms. The van der Waals surface area contributed by atoms with Gasteiger partial charge in [0.15, 0.2) is 0 Å². The van der Waals surface area contributed by atoms with Gasteiger partial charge in [0.25, 0.3) is 0 Å². The summed E-state index contributed by atoms with van der Waals surface area (Å²) in [6.07, 6.45) is 0.759. The van der Waals surface area contributed by atoms with Crippen LogP contribution in [0.5, 0.6) is 11.8 Å². The molecule has 102 valence electrons. The summed E-state index contributed by atoms with van der Waals surface area (Å²) >= 11 is 0. The van der Waals surface area contributed by atoms with Gasteiger partial charge in [-0.3, -0.25) is 5.10 Å². The van der Waals surface area contributed by atoms with Crippen LogP contribution in [0.15, 0.2) is 6.07 Å². The third-order valence-corrected chi connectivity index (χ3v) is 2.69. The molecule has 0 bridgehead atoms. The minimum atomic E-state index is 0.517. The van der Waals surface area contributed by atoms with Crippen LogP contribution in [-0.2, 0) is 6.42 Å². The van der Waals surface area contributed by atoms with Crippen LogP contribution in [0.4, 0.5) is 5.82 Å². The number of aromatic nitrogens is 4. The van der Waals surface area contributed by atoms with Gasteiger partial charge < -0.3 is 10.1 Å². The molecule has 0 unspecified atom stereocenters. The van der Waals surface area contributed by atoms with Crippen LogP contribution < -0.4 is 10.1 Å². The first-order chi connectivity index (χ1) is 9.13. The van der Waals surface area contributed by atoms with Crippen LogP contribution in [0.2, 0.25) is 0 Å². The molecule has 2 rings (SSSR count). The molecule has 0 saturated carbocycles. The van der Waals surface area contributed by atoms with E-state index in [1.54, 1.807) is 0 Å². The molecular weight excluding hydrogens is 242 g/mol. The lowest BCUT2D eigenvalue weighted by Crippen LogP contribution is -2.07. The van der Waals surface area contributed by atoms with Crippen molar-refractivity contribution in [3.63, 3.8) is 0 Å². The normalized spacial score (nSPS) is 10.5. The zero-order valence-electron chi connectivity index (χ0n) is 11.7. The van der Waals surface area contributed by atoms with E-state index in [1.807, 2.05) is 33.8 Å². The summed E-state index contributed by atoms with van der Waals surface area (Å²) in [5.74, 6) is 2.64. The second-order valence-corrected chi connectivity index (χ2v) is 4.29. The maximum Gasteiger partial charge on any atom is 0.240 e. The highest BCUT2D eigenvalue weighted by Crippen LogP contribution is 2.26. The lowest BCUT2D eigenvalue weighted by Gasteiger charge is -2.12. The van der Waals surface area contributed by atoms with Crippen LogP contribution in [0.3, 0.4) is 0 Å². The van der Waals surface area contributed by atoms with E-state index >= 15 is 0 Å². The fourth-order valence-electron chi connectivity index (χ4n) is 1.68. The van der Waals surface area contributed by atoms with Crippen molar-refractivity contribution in [3.05, 3.63) is 23.1 Å². The van der Waals surface area contributed by atoms with Gasteiger partial charge in [-0.1, -0.05) is 6.92 Å². The van der Waals surface area contributed by atoms with Gasteiger partial charge in [-0.15, -0.1) is 5.10 Å². The molecule has 0 radical (unpaired) electrons. The molecule has 0 fully saturated rings. The Hall–Kier alpha value is -2.11. The minimum absolute atomic E-state index is 0.517. The molecule has 0 atom stereocenters. The van der Waals surface area contributed by atoms with E-state index in [0.29, 0.717) is 11.8 Å².